The highest BCUT2D eigenvalue weighted by Crippen LogP contribution is 2.31. The van der Waals surface area contributed by atoms with E-state index in [4.69, 9.17) is 10.00 Å². The number of benzene rings is 2. The Bertz CT molecular complexity index is 903. The summed E-state index contributed by atoms with van der Waals surface area (Å²) in [7, 11) is -2.26. The van der Waals surface area contributed by atoms with Crippen LogP contribution in [0.25, 0.3) is 4.91 Å². The standard InChI is InChI=1S/C18H15NO3S/c1-3-18(23(20,21)16-7-5-4-6-8-16)17-10-9-15(22-2)13-14(17)11-12-19/h4-10,13H,1,11H2,2H3. The SMILES string of the molecule is C=C=C(c1ccc(OC)cc1CC#N)S(=O)(=O)c1ccccc1. The number of nitrogens with zero attached hydrogens (tertiary/aromatic N) is 1. The predicted molar refractivity (Wildman–Crippen MR) is 88.5 cm³/mol. The Morgan fingerprint density at radius 1 is 1.22 bits per heavy atom. The van der Waals surface area contributed by atoms with Crippen molar-refractivity contribution in [1.29, 1.82) is 5.26 Å². The van der Waals surface area contributed by atoms with Crippen LogP contribution in [0.2, 0.25) is 0 Å². The van der Waals surface area contributed by atoms with Crippen LogP contribution in [0, 0.1) is 11.3 Å². The molecule has 0 aliphatic heterocycles. The van der Waals surface area contributed by atoms with Crippen molar-refractivity contribution >= 4 is 14.7 Å². The number of nitriles is 1. The van der Waals surface area contributed by atoms with Crippen molar-refractivity contribution in [3.8, 4) is 11.8 Å². The van der Waals surface area contributed by atoms with Gasteiger partial charge in [0.2, 0.25) is 9.84 Å². The molecule has 0 bridgehead atoms. The summed E-state index contributed by atoms with van der Waals surface area (Å²) in [5.74, 6) is 0.555. The quantitative estimate of drug-likeness (QED) is 0.791. The zero-order chi connectivity index (χ0) is 16.9. The van der Waals surface area contributed by atoms with Gasteiger partial charge >= 0.3 is 0 Å². The van der Waals surface area contributed by atoms with Gasteiger partial charge in [-0.05, 0) is 35.9 Å². The summed E-state index contributed by atoms with van der Waals surface area (Å²) in [6.45, 7) is 3.52. The molecule has 5 heteroatoms. The van der Waals surface area contributed by atoms with E-state index in [1.807, 2.05) is 6.07 Å². The first-order valence-electron chi connectivity index (χ1n) is 6.79. The average Bonchev–Trinajstić information content (AvgIpc) is 2.57. The number of rotatable bonds is 5. The molecule has 0 radical (unpaired) electrons. The van der Waals surface area contributed by atoms with Gasteiger partial charge in [-0.25, -0.2) is 8.42 Å². The second-order valence-electron chi connectivity index (χ2n) is 4.68. The highest BCUT2D eigenvalue weighted by molar-refractivity contribution is 8.00. The minimum Gasteiger partial charge on any atom is -0.497 e. The zero-order valence-corrected chi connectivity index (χ0v) is 13.4. The zero-order valence-electron chi connectivity index (χ0n) is 12.6. The third-order valence-electron chi connectivity index (χ3n) is 3.31. The summed E-state index contributed by atoms with van der Waals surface area (Å²) in [4.78, 5) is 0.112. The van der Waals surface area contributed by atoms with E-state index in [0.29, 0.717) is 16.9 Å². The summed E-state index contributed by atoms with van der Waals surface area (Å²) < 4.78 is 30.8. The fourth-order valence-electron chi connectivity index (χ4n) is 2.20. The number of hydrogen-bond donors (Lipinski definition) is 0. The van der Waals surface area contributed by atoms with Gasteiger partial charge in [0.25, 0.3) is 0 Å². The maximum absolute atomic E-state index is 12.8. The first kappa shape index (κ1) is 16.6. The predicted octanol–water partition coefficient (Wildman–Crippen LogP) is 3.36. The number of ether oxygens (including phenoxy) is 1. The minimum atomic E-state index is -3.77. The first-order chi connectivity index (χ1) is 11.0. The van der Waals surface area contributed by atoms with Crippen LogP contribution in [-0.2, 0) is 16.3 Å². The fraction of sp³-hybridized carbons (Fsp3) is 0.111. The van der Waals surface area contributed by atoms with E-state index in [9.17, 15) is 8.42 Å². The lowest BCUT2D eigenvalue weighted by molar-refractivity contribution is 0.414. The van der Waals surface area contributed by atoms with E-state index >= 15 is 0 Å². The molecule has 0 aromatic heterocycles. The molecular formula is C18H15NO3S. The van der Waals surface area contributed by atoms with Crippen molar-refractivity contribution in [1.82, 2.24) is 0 Å². The summed E-state index contributed by atoms with van der Waals surface area (Å²) in [5.41, 5.74) is 3.48. The van der Waals surface area contributed by atoms with E-state index in [1.165, 1.54) is 19.2 Å². The number of sulfone groups is 1. The molecule has 116 valence electrons. The van der Waals surface area contributed by atoms with Crippen LogP contribution in [0.5, 0.6) is 5.75 Å². The molecule has 0 aliphatic carbocycles. The van der Waals surface area contributed by atoms with Gasteiger partial charge in [-0.2, -0.15) is 5.26 Å². The molecule has 2 aromatic rings. The van der Waals surface area contributed by atoms with Crippen molar-refractivity contribution in [2.45, 2.75) is 11.3 Å². The van der Waals surface area contributed by atoms with Gasteiger partial charge in [0.15, 0.2) is 0 Å². The molecule has 0 saturated heterocycles. The summed E-state index contributed by atoms with van der Waals surface area (Å²) in [6.07, 6.45) is 0.0576. The van der Waals surface area contributed by atoms with Gasteiger partial charge in [0, 0.05) is 5.56 Å². The van der Waals surface area contributed by atoms with Gasteiger partial charge in [-0.15, -0.1) is 5.73 Å². The summed E-state index contributed by atoms with van der Waals surface area (Å²) in [6, 6.07) is 15.0. The van der Waals surface area contributed by atoms with Crippen molar-refractivity contribution in [3.63, 3.8) is 0 Å². The van der Waals surface area contributed by atoms with Crippen LogP contribution in [0.1, 0.15) is 11.1 Å². The molecule has 0 heterocycles. The Hall–Kier alpha value is -2.80. The van der Waals surface area contributed by atoms with E-state index in [0.717, 1.165) is 0 Å². The Balaban J connectivity index is 2.64. The molecule has 0 atom stereocenters. The number of methoxy groups -OCH3 is 1. The fourth-order valence-corrected chi connectivity index (χ4v) is 3.63. The summed E-state index contributed by atoms with van der Waals surface area (Å²) >= 11 is 0. The third-order valence-corrected chi connectivity index (χ3v) is 5.10. The normalized spacial score (nSPS) is 10.4. The maximum atomic E-state index is 12.8. The molecular weight excluding hydrogens is 310 g/mol. The third kappa shape index (κ3) is 3.35. The maximum Gasteiger partial charge on any atom is 0.214 e. The average molecular weight is 325 g/mol. The Morgan fingerprint density at radius 3 is 2.48 bits per heavy atom. The lowest BCUT2D eigenvalue weighted by Crippen LogP contribution is -2.06. The van der Waals surface area contributed by atoms with Gasteiger partial charge in [-0.3, -0.25) is 0 Å². The first-order valence-corrected chi connectivity index (χ1v) is 8.27. The molecule has 0 fully saturated rings. The molecule has 0 aliphatic rings. The van der Waals surface area contributed by atoms with Crippen LogP contribution in [-0.4, -0.2) is 15.5 Å². The van der Waals surface area contributed by atoms with Crippen molar-refractivity contribution in [3.05, 3.63) is 72.0 Å². The molecule has 0 saturated carbocycles. The van der Waals surface area contributed by atoms with Gasteiger partial charge in [-0.1, -0.05) is 24.8 Å². The lowest BCUT2D eigenvalue weighted by Gasteiger charge is -2.12. The van der Waals surface area contributed by atoms with Crippen molar-refractivity contribution < 1.29 is 13.2 Å². The van der Waals surface area contributed by atoms with Gasteiger partial charge < -0.3 is 4.74 Å². The second-order valence-corrected chi connectivity index (χ2v) is 6.57. The largest absolute Gasteiger partial charge is 0.497 e. The van der Waals surface area contributed by atoms with E-state index in [1.54, 1.807) is 36.4 Å². The Morgan fingerprint density at radius 2 is 1.91 bits per heavy atom. The molecule has 23 heavy (non-hydrogen) atoms. The lowest BCUT2D eigenvalue weighted by atomic mass is 10.0. The Labute approximate surface area is 135 Å². The summed E-state index contributed by atoms with van der Waals surface area (Å²) in [5, 5.41) is 9.00. The molecule has 4 nitrogen and oxygen atoms in total. The van der Waals surface area contributed by atoms with Crippen LogP contribution in [0.3, 0.4) is 0 Å². The second kappa shape index (κ2) is 6.97. The minimum absolute atomic E-state index is 0.0448. The molecule has 0 N–H and O–H groups in total. The highest BCUT2D eigenvalue weighted by atomic mass is 32.2. The Kier molecular flexibility index (Phi) is 5.02. The van der Waals surface area contributed by atoms with Crippen LogP contribution in [0.4, 0.5) is 0 Å². The highest BCUT2D eigenvalue weighted by Gasteiger charge is 2.24. The van der Waals surface area contributed by atoms with Gasteiger partial charge in [0.1, 0.15) is 10.7 Å². The van der Waals surface area contributed by atoms with Crippen LogP contribution >= 0.6 is 0 Å². The van der Waals surface area contributed by atoms with Crippen LogP contribution in [0.15, 0.2) is 65.7 Å². The smallest absolute Gasteiger partial charge is 0.214 e. The molecule has 2 aromatic carbocycles. The van der Waals surface area contributed by atoms with Crippen molar-refractivity contribution in [2.75, 3.05) is 7.11 Å². The van der Waals surface area contributed by atoms with E-state index in [2.05, 4.69) is 12.3 Å². The van der Waals surface area contributed by atoms with Crippen LogP contribution < -0.4 is 4.74 Å². The molecule has 0 unspecified atom stereocenters. The molecule has 0 spiro atoms. The number of hydrogen-bond acceptors (Lipinski definition) is 4. The van der Waals surface area contributed by atoms with E-state index in [-0.39, 0.29) is 16.2 Å². The van der Waals surface area contributed by atoms with E-state index < -0.39 is 9.84 Å². The van der Waals surface area contributed by atoms with Gasteiger partial charge in [0.05, 0.1) is 24.5 Å². The molecule has 0 amide bonds. The monoisotopic (exact) mass is 325 g/mol. The molecule has 2 rings (SSSR count). The van der Waals surface area contributed by atoms with Crippen molar-refractivity contribution in [2.24, 2.45) is 0 Å². The topological polar surface area (TPSA) is 67.2 Å².